The molecule has 1 aromatic rings. The number of ether oxygens (including phenoxy) is 1. The number of nitrogens with two attached hydrogens (primary N) is 1. The quantitative estimate of drug-likeness (QED) is 0.766. The van der Waals surface area contributed by atoms with Crippen LogP contribution in [-0.4, -0.2) is 38.9 Å². The minimum atomic E-state index is -0.917. The standard InChI is InChI=1S/C16H23N3O3/c1-10-4-3-7-18-15(17)12-6-5-11(19(10)12)13-8-14(21)16(2,9-20)22-13/h3,5-7,10,13-14,20-21H,4,8-9H2,1-2H3,(H2,17,18)/t10?,13-,14+,16-/m1/s1. The Bertz CT molecular complexity index is 622. The van der Waals surface area contributed by atoms with Crippen LogP contribution in [-0.2, 0) is 4.74 Å². The lowest BCUT2D eigenvalue weighted by Gasteiger charge is -2.26. The van der Waals surface area contributed by atoms with E-state index in [0.29, 0.717) is 12.3 Å². The molecule has 1 unspecified atom stereocenters. The van der Waals surface area contributed by atoms with Gasteiger partial charge in [-0.3, -0.25) is 0 Å². The minimum Gasteiger partial charge on any atom is -0.393 e. The van der Waals surface area contributed by atoms with Gasteiger partial charge in [0, 0.05) is 24.4 Å². The normalized spacial score (nSPS) is 34.9. The van der Waals surface area contributed by atoms with Gasteiger partial charge in [0.15, 0.2) is 0 Å². The van der Waals surface area contributed by atoms with Crippen molar-refractivity contribution in [1.82, 2.24) is 4.57 Å². The highest BCUT2D eigenvalue weighted by Gasteiger charge is 2.45. The molecule has 120 valence electrons. The number of hydrogen-bond acceptors (Lipinski definition) is 5. The first kappa shape index (κ1) is 15.3. The van der Waals surface area contributed by atoms with Gasteiger partial charge in [0.2, 0.25) is 0 Å². The molecule has 1 saturated heterocycles. The van der Waals surface area contributed by atoms with E-state index in [0.717, 1.165) is 17.8 Å². The molecule has 4 atom stereocenters. The van der Waals surface area contributed by atoms with Crippen molar-refractivity contribution in [2.75, 3.05) is 6.61 Å². The van der Waals surface area contributed by atoms with Crippen LogP contribution < -0.4 is 5.73 Å². The fraction of sp³-hybridized carbons (Fsp3) is 0.562. The van der Waals surface area contributed by atoms with E-state index in [2.05, 4.69) is 16.5 Å². The maximum atomic E-state index is 10.2. The Morgan fingerprint density at radius 1 is 1.50 bits per heavy atom. The fourth-order valence-corrected chi connectivity index (χ4v) is 3.22. The van der Waals surface area contributed by atoms with E-state index in [9.17, 15) is 10.2 Å². The van der Waals surface area contributed by atoms with Crippen LogP contribution in [0.2, 0.25) is 0 Å². The maximum Gasteiger partial charge on any atom is 0.147 e. The van der Waals surface area contributed by atoms with Gasteiger partial charge in [-0.15, -0.1) is 0 Å². The third-order valence-electron chi connectivity index (χ3n) is 4.65. The zero-order valence-corrected chi connectivity index (χ0v) is 12.9. The maximum absolute atomic E-state index is 10.2. The number of rotatable bonds is 2. The molecule has 6 nitrogen and oxygen atoms in total. The van der Waals surface area contributed by atoms with Crippen LogP contribution in [0.5, 0.6) is 0 Å². The van der Waals surface area contributed by atoms with E-state index in [1.807, 2.05) is 18.2 Å². The molecular formula is C16H23N3O3. The summed E-state index contributed by atoms with van der Waals surface area (Å²) in [5, 5.41) is 19.7. The van der Waals surface area contributed by atoms with Crippen molar-refractivity contribution < 1.29 is 14.9 Å². The van der Waals surface area contributed by atoms with Crippen molar-refractivity contribution in [3.63, 3.8) is 0 Å². The van der Waals surface area contributed by atoms with Gasteiger partial charge in [0.25, 0.3) is 0 Å². The molecule has 0 saturated carbocycles. The molecule has 0 spiro atoms. The number of hydrogen-bond donors (Lipinski definition) is 3. The lowest BCUT2D eigenvalue weighted by atomic mass is 9.99. The summed E-state index contributed by atoms with van der Waals surface area (Å²) in [6.45, 7) is 3.64. The Hall–Kier alpha value is -1.63. The summed E-state index contributed by atoms with van der Waals surface area (Å²) < 4.78 is 8.08. The molecule has 3 rings (SSSR count). The van der Waals surface area contributed by atoms with Gasteiger partial charge in [-0.2, -0.15) is 0 Å². The van der Waals surface area contributed by atoms with Crippen LogP contribution in [0.25, 0.3) is 0 Å². The molecule has 0 bridgehead atoms. The molecule has 2 aliphatic heterocycles. The molecule has 4 N–H and O–H groups in total. The van der Waals surface area contributed by atoms with Gasteiger partial charge in [-0.05, 0) is 32.4 Å². The predicted molar refractivity (Wildman–Crippen MR) is 83.6 cm³/mol. The van der Waals surface area contributed by atoms with E-state index < -0.39 is 11.7 Å². The Balaban J connectivity index is 1.99. The van der Waals surface area contributed by atoms with E-state index in [1.54, 1.807) is 13.1 Å². The Labute approximate surface area is 129 Å². The number of aromatic nitrogens is 1. The lowest BCUT2D eigenvalue weighted by Crippen LogP contribution is -2.39. The second-order valence-electron chi connectivity index (χ2n) is 6.33. The molecule has 22 heavy (non-hydrogen) atoms. The van der Waals surface area contributed by atoms with E-state index in [-0.39, 0.29) is 18.8 Å². The van der Waals surface area contributed by atoms with Crippen molar-refractivity contribution in [1.29, 1.82) is 0 Å². The number of allylic oxidation sites excluding steroid dienone is 1. The summed E-state index contributed by atoms with van der Waals surface area (Å²) in [6, 6.07) is 4.13. The number of fused-ring (bicyclic) bond motifs is 1. The summed E-state index contributed by atoms with van der Waals surface area (Å²) in [4.78, 5) is 4.22. The average molecular weight is 305 g/mol. The highest BCUT2D eigenvalue weighted by molar-refractivity contribution is 5.96. The Morgan fingerprint density at radius 3 is 2.95 bits per heavy atom. The molecular weight excluding hydrogens is 282 g/mol. The van der Waals surface area contributed by atoms with Crippen LogP contribution in [0.4, 0.5) is 0 Å². The number of aliphatic hydroxyl groups excluding tert-OH is 2. The van der Waals surface area contributed by atoms with Crippen LogP contribution in [0, 0.1) is 0 Å². The van der Waals surface area contributed by atoms with Gasteiger partial charge in [0.1, 0.15) is 17.5 Å². The highest BCUT2D eigenvalue weighted by atomic mass is 16.5. The van der Waals surface area contributed by atoms with Crippen LogP contribution in [0.3, 0.4) is 0 Å². The van der Waals surface area contributed by atoms with Crippen molar-refractivity contribution >= 4 is 5.84 Å². The largest absolute Gasteiger partial charge is 0.393 e. The first-order valence-corrected chi connectivity index (χ1v) is 7.63. The molecule has 0 amide bonds. The summed E-state index contributed by atoms with van der Waals surface area (Å²) in [5.74, 6) is 0.470. The third kappa shape index (κ3) is 2.37. The first-order chi connectivity index (χ1) is 10.5. The molecule has 0 radical (unpaired) electrons. The topological polar surface area (TPSA) is 93.0 Å². The van der Waals surface area contributed by atoms with Crippen molar-refractivity contribution in [3.05, 3.63) is 35.8 Å². The molecule has 3 heterocycles. The van der Waals surface area contributed by atoms with Gasteiger partial charge in [-0.25, -0.2) is 4.99 Å². The number of aliphatic hydroxyl groups is 2. The summed E-state index contributed by atoms with van der Waals surface area (Å²) in [6.07, 6.45) is 4.08. The number of aliphatic imine (C=N–C) groups is 1. The number of nitrogens with zero attached hydrogens (tertiary/aromatic N) is 2. The smallest absolute Gasteiger partial charge is 0.147 e. The Kier molecular flexibility index (Phi) is 3.84. The van der Waals surface area contributed by atoms with Gasteiger partial charge in [0.05, 0.1) is 18.4 Å². The van der Waals surface area contributed by atoms with Gasteiger partial charge < -0.3 is 25.3 Å². The highest BCUT2D eigenvalue weighted by Crippen LogP contribution is 2.41. The van der Waals surface area contributed by atoms with E-state index in [4.69, 9.17) is 10.5 Å². The zero-order valence-electron chi connectivity index (χ0n) is 12.9. The second kappa shape index (κ2) is 5.53. The predicted octanol–water partition coefficient (Wildman–Crippen LogP) is 1.25. The zero-order chi connectivity index (χ0) is 15.9. The van der Waals surface area contributed by atoms with Gasteiger partial charge >= 0.3 is 0 Å². The molecule has 0 aromatic carbocycles. The second-order valence-corrected chi connectivity index (χ2v) is 6.33. The molecule has 1 aromatic heterocycles. The third-order valence-corrected chi connectivity index (χ3v) is 4.65. The summed E-state index contributed by atoms with van der Waals surface area (Å²) >= 11 is 0. The lowest BCUT2D eigenvalue weighted by molar-refractivity contribution is -0.101. The summed E-state index contributed by atoms with van der Waals surface area (Å²) in [5.41, 5.74) is 6.96. The molecule has 6 heteroatoms. The fourth-order valence-electron chi connectivity index (χ4n) is 3.22. The monoisotopic (exact) mass is 305 g/mol. The van der Waals surface area contributed by atoms with Gasteiger partial charge in [-0.1, -0.05) is 6.08 Å². The van der Waals surface area contributed by atoms with Crippen LogP contribution in [0.15, 0.2) is 29.4 Å². The van der Waals surface area contributed by atoms with Crippen molar-refractivity contribution in [3.8, 4) is 0 Å². The summed E-state index contributed by atoms with van der Waals surface area (Å²) in [7, 11) is 0. The molecule has 1 fully saturated rings. The molecule has 2 aliphatic rings. The number of amidine groups is 1. The minimum absolute atomic E-state index is 0.208. The first-order valence-electron chi connectivity index (χ1n) is 7.63. The van der Waals surface area contributed by atoms with Crippen molar-refractivity contribution in [2.45, 2.75) is 50.5 Å². The van der Waals surface area contributed by atoms with Crippen LogP contribution in [0.1, 0.15) is 50.2 Å². The molecule has 0 aliphatic carbocycles. The SMILES string of the molecule is CC1CC=CN=C(N)c2ccc([C@H]3C[C@H](O)[C@@](C)(CO)O3)n21. The van der Waals surface area contributed by atoms with E-state index >= 15 is 0 Å². The van der Waals surface area contributed by atoms with Crippen molar-refractivity contribution in [2.24, 2.45) is 10.7 Å². The Morgan fingerprint density at radius 2 is 2.27 bits per heavy atom. The van der Waals surface area contributed by atoms with Crippen LogP contribution >= 0.6 is 0 Å². The van der Waals surface area contributed by atoms with E-state index in [1.165, 1.54) is 0 Å². The average Bonchev–Trinajstić information content (AvgIpc) is 3.04.